The minimum absolute atomic E-state index is 0.151. The molecule has 0 saturated heterocycles. The number of likely N-dealkylation sites (N-methyl/N-ethyl adjacent to an activating group) is 1. The van der Waals surface area contributed by atoms with E-state index in [4.69, 9.17) is 4.74 Å². The number of rotatable bonds is 8. The van der Waals surface area contributed by atoms with Crippen molar-refractivity contribution in [2.24, 2.45) is 7.05 Å². The van der Waals surface area contributed by atoms with E-state index < -0.39 is 13.0 Å². The highest BCUT2D eigenvalue weighted by atomic mass is 19.3. The highest BCUT2D eigenvalue weighted by molar-refractivity contribution is 5.75. The lowest BCUT2D eigenvalue weighted by Gasteiger charge is -2.16. The molecule has 0 spiro atoms. The molecule has 4 nitrogen and oxygen atoms in total. The maximum atomic E-state index is 12.0. The maximum absolute atomic E-state index is 12.0. The van der Waals surface area contributed by atoms with Gasteiger partial charge in [-0.05, 0) is 25.6 Å². The number of aryl methyl sites for hydroxylation is 1. The molecule has 0 fully saturated rings. The number of hydrogen-bond acceptors (Lipinski definition) is 3. The van der Waals surface area contributed by atoms with Crippen molar-refractivity contribution in [3.63, 3.8) is 0 Å². The van der Waals surface area contributed by atoms with E-state index in [2.05, 4.69) is 14.9 Å². The fraction of sp³-hybridized carbons (Fsp3) is 0.533. The Labute approximate surface area is 123 Å². The van der Waals surface area contributed by atoms with Crippen LogP contribution in [-0.4, -0.2) is 42.3 Å². The van der Waals surface area contributed by atoms with Gasteiger partial charge in [0.05, 0.1) is 11.0 Å². The first-order chi connectivity index (χ1) is 10.1. The second-order valence-electron chi connectivity index (χ2n) is 5.02. The molecule has 116 valence electrons. The van der Waals surface area contributed by atoms with E-state index in [-0.39, 0.29) is 6.04 Å². The molecule has 0 saturated carbocycles. The Morgan fingerprint density at radius 3 is 2.76 bits per heavy atom. The fourth-order valence-corrected chi connectivity index (χ4v) is 2.34. The zero-order valence-electron chi connectivity index (χ0n) is 12.4. The van der Waals surface area contributed by atoms with E-state index in [0.717, 1.165) is 23.3 Å². The molecule has 0 aliphatic carbocycles. The van der Waals surface area contributed by atoms with Crippen molar-refractivity contribution in [2.75, 3.05) is 20.3 Å². The molecule has 0 aliphatic heterocycles. The van der Waals surface area contributed by atoms with E-state index in [1.54, 1.807) is 0 Å². The van der Waals surface area contributed by atoms with Crippen LogP contribution in [0.2, 0.25) is 0 Å². The highest BCUT2D eigenvalue weighted by Gasteiger charge is 2.13. The molecular weight excluding hydrogens is 276 g/mol. The summed E-state index contributed by atoms with van der Waals surface area (Å²) >= 11 is 0. The van der Waals surface area contributed by atoms with Gasteiger partial charge < -0.3 is 14.6 Å². The van der Waals surface area contributed by atoms with Crippen molar-refractivity contribution in [1.82, 2.24) is 14.9 Å². The summed E-state index contributed by atoms with van der Waals surface area (Å²) in [5.74, 6) is 0.976. The molecule has 1 aromatic heterocycles. The molecule has 0 aliphatic rings. The average molecular weight is 297 g/mol. The van der Waals surface area contributed by atoms with Crippen LogP contribution in [0, 0.1) is 0 Å². The van der Waals surface area contributed by atoms with Crippen molar-refractivity contribution in [3.8, 4) is 0 Å². The number of aromatic nitrogens is 2. The van der Waals surface area contributed by atoms with Crippen LogP contribution in [0.5, 0.6) is 0 Å². The third-order valence-corrected chi connectivity index (χ3v) is 3.57. The SMILES string of the molecule is CNC(CCOCC(F)F)Cc1nc2ccccc2n1C. The van der Waals surface area contributed by atoms with Crippen LogP contribution in [-0.2, 0) is 18.2 Å². The van der Waals surface area contributed by atoms with Gasteiger partial charge in [-0.1, -0.05) is 12.1 Å². The number of nitrogens with zero attached hydrogens (tertiary/aromatic N) is 2. The standard InChI is InChI=1S/C15H21F2N3O/c1-18-11(7-8-21-10-14(16)17)9-15-19-12-5-3-4-6-13(12)20(15)2/h3-6,11,14,18H,7-10H2,1-2H3. The molecule has 0 bridgehead atoms. The van der Waals surface area contributed by atoms with Crippen LogP contribution in [0.1, 0.15) is 12.2 Å². The zero-order chi connectivity index (χ0) is 15.2. The first kappa shape index (κ1) is 15.9. The van der Waals surface area contributed by atoms with Crippen LogP contribution >= 0.6 is 0 Å². The van der Waals surface area contributed by atoms with Crippen molar-refractivity contribution < 1.29 is 13.5 Å². The molecule has 0 amide bonds. The Morgan fingerprint density at radius 2 is 2.10 bits per heavy atom. The first-order valence-corrected chi connectivity index (χ1v) is 7.05. The molecule has 2 aromatic rings. The summed E-state index contributed by atoms with van der Waals surface area (Å²) in [6.45, 7) is -0.178. The number of hydrogen-bond donors (Lipinski definition) is 1. The third kappa shape index (κ3) is 4.22. The minimum Gasteiger partial charge on any atom is -0.375 e. The van der Waals surface area contributed by atoms with Crippen molar-refractivity contribution in [1.29, 1.82) is 0 Å². The van der Waals surface area contributed by atoms with Crippen LogP contribution in [0.4, 0.5) is 8.78 Å². The number of ether oxygens (including phenoxy) is 1. The molecule has 6 heteroatoms. The lowest BCUT2D eigenvalue weighted by molar-refractivity contribution is 0.0145. The zero-order valence-corrected chi connectivity index (χ0v) is 12.4. The van der Waals surface area contributed by atoms with Gasteiger partial charge in [-0.3, -0.25) is 0 Å². The summed E-state index contributed by atoms with van der Waals surface area (Å²) in [4.78, 5) is 4.62. The molecule has 1 aromatic carbocycles. The number of imidazole rings is 1. The van der Waals surface area contributed by atoms with Crippen molar-refractivity contribution in [3.05, 3.63) is 30.1 Å². The second kappa shape index (κ2) is 7.47. The smallest absolute Gasteiger partial charge is 0.261 e. The fourth-order valence-electron chi connectivity index (χ4n) is 2.34. The number of para-hydroxylation sites is 2. The molecular formula is C15H21F2N3O. The predicted molar refractivity (Wildman–Crippen MR) is 78.7 cm³/mol. The summed E-state index contributed by atoms with van der Waals surface area (Å²) in [7, 11) is 3.85. The third-order valence-electron chi connectivity index (χ3n) is 3.57. The largest absolute Gasteiger partial charge is 0.375 e. The van der Waals surface area contributed by atoms with Crippen LogP contribution in [0.25, 0.3) is 11.0 Å². The van der Waals surface area contributed by atoms with Gasteiger partial charge in [0, 0.05) is 26.1 Å². The topological polar surface area (TPSA) is 39.1 Å². The van der Waals surface area contributed by atoms with E-state index >= 15 is 0 Å². The molecule has 21 heavy (non-hydrogen) atoms. The van der Waals surface area contributed by atoms with Crippen LogP contribution in [0.3, 0.4) is 0 Å². The molecule has 2 rings (SSSR count). The van der Waals surface area contributed by atoms with Gasteiger partial charge in [-0.25, -0.2) is 13.8 Å². The number of fused-ring (bicyclic) bond motifs is 1. The summed E-state index contributed by atoms with van der Waals surface area (Å²) in [5, 5.41) is 3.19. The Balaban J connectivity index is 1.95. The summed E-state index contributed by atoms with van der Waals surface area (Å²) in [5.41, 5.74) is 2.06. The van der Waals surface area contributed by atoms with Gasteiger partial charge in [0.15, 0.2) is 0 Å². The Bertz CT molecular complexity index is 571. The van der Waals surface area contributed by atoms with Crippen molar-refractivity contribution in [2.45, 2.75) is 25.3 Å². The molecule has 0 radical (unpaired) electrons. The Kier molecular flexibility index (Phi) is 5.64. The van der Waals surface area contributed by atoms with E-state index in [0.29, 0.717) is 13.0 Å². The van der Waals surface area contributed by atoms with Crippen LogP contribution < -0.4 is 5.32 Å². The van der Waals surface area contributed by atoms with Gasteiger partial charge in [-0.2, -0.15) is 0 Å². The predicted octanol–water partition coefficient (Wildman–Crippen LogP) is 2.38. The van der Waals surface area contributed by atoms with Gasteiger partial charge in [0.2, 0.25) is 0 Å². The van der Waals surface area contributed by atoms with E-state index in [1.165, 1.54) is 0 Å². The van der Waals surface area contributed by atoms with Crippen LogP contribution in [0.15, 0.2) is 24.3 Å². The highest BCUT2D eigenvalue weighted by Crippen LogP contribution is 2.16. The summed E-state index contributed by atoms with van der Waals surface area (Å²) < 4.78 is 31.0. The van der Waals surface area contributed by atoms with Gasteiger partial charge in [-0.15, -0.1) is 0 Å². The number of nitrogens with one attached hydrogen (secondary N) is 1. The lowest BCUT2D eigenvalue weighted by Crippen LogP contribution is -2.30. The quantitative estimate of drug-likeness (QED) is 0.760. The molecule has 1 heterocycles. The van der Waals surface area contributed by atoms with Gasteiger partial charge in [0.25, 0.3) is 6.43 Å². The monoisotopic (exact) mass is 297 g/mol. The lowest BCUT2D eigenvalue weighted by atomic mass is 10.1. The van der Waals surface area contributed by atoms with Gasteiger partial charge >= 0.3 is 0 Å². The normalized spacial score (nSPS) is 13.2. The number of alkyl halides is 2. The molecule has 1 atom stereocenters. The first-order valence-electron chi connectivity index (χ1n) is 7.05. The number of benzene rings is 1. The van der Waals surface area contributed by atoms with Crippen molar-refractivity contribution >= 4 is 11.0 Å². The molecule has 1 unspecified atom stereocenters. The minimum atomic E-state index is -2.40. The maximum Gasteiger partial charge on any atom is 0.261 e. The van der Waals surface area contributed by atoms with E-state index in [9.17, 15) is 8.78 Å². The number of halogens is 2. The summed E-state index contributed by atoms with van der Waals surface area (Å²) in [6, 6.07) is 8.12. The Morgan fingerprint density at radius 1 is 1.33 bits per heavy atom. The van der Waals surface area contributed by atoms with Gasteiger partial charge in [0.1, 0.15) is 12.4 Å². The summed E-state index contributed by atoms with van der Waals surface area (Å²) in [6.07, 6.45) is -0.996. The van der Waals surface area contributed by atoms with E-state index in [1.807, 2.05) is 38.4 Å². The molecule has 1 N–H and O–H groups in total. The second-order valence-corrected chi connectivity index (χ2v) is 5.02. The average Bonchev–Trinajstić information content (AvgIpc) is 2.79. The Hall–Kier alpha value is -1.53.